The maximum Gasteiger partial charge on any atom is 0.0623 e. The molecule has 0 aromatic carbocycles. The van der Waals surface area contributed by atoms with Crippen LogP contribution in [0.5, 0.6) is 0 Å². The lowest BCUT2D eigenvalue weighted by atomic mass is 9.76. The van der Waals surface area contributed by atoms with Gasteiger partial charge in [-0.1, -0.05) is 15.9 Å². The van der Waals surface area contributed by atoms with Gasteiger partial charge >= 0.3 is 0 Å². The second-order valence-corrected chi connectivity index (χ2v) is 5.77. The van der Waals surface area contributed by atoms with E-state index in [0.717, 1.165) is 25.0 Å². The Morgan fingerprint density at radius 3 is 2.40 bits per heavy atom. The van der Waals surface area contributed by atoms with Crippen molar-refractivity contribution >= 4 is 15.9 Å². The summed E-state index contributed by atoms with van der Waals surface area (Å²) >= 11 is 3.66. The summed E-state index contributed by atoms with van der Waals surface area (Å²) in [5.74, 6) is 0. The van der Waals surface area contributed by atoms with E-state index in [2.05, 4.69) is 29.8 Å². The SMILES string of the molecule is COC(C)(C)CCC1(CBr)CCOCC1. The lowest BCUT2D eigenvalue weighted by molar-refractivity contribution is -0.0173. The Balaban J connectivity index is 2.45. The number of methoxy groups -OCH3 is 1. The van der Waals surface area contributed by atoms with E-state index in [1.54, 1.807) is 7.11 Å². The highest BCUT2D eigenvalue weighted by Gasteiger charge is 2.33. The van der Waals surface area contributed by atoms with Crippen LogP contribution in [-0.2, 0) is 9.47 Å². The van der Waals surface area contributed by atoms with Crippen LogP contribution in [0, 0.1) is 5.41 Å². The lowest BCUT2D eigenvalue weighted by Gasteiger charge is -2.38. The Bertz CT molecular complexity index is 186. The van der Waals surface area contributed by atoms with Crippen molar-refractivity contribution in [1.82, 2.24) is 0 Å². The summed E-state index contributed by atoms with van der Waals surface area (Å²) < 4.78 is 10.9. The number of alkyl halides is 1. The highest BCUT2D eigenvalue weighted by Crippen LogP contribution is 2.39. The first kappa shape index (κ1) is 13.5. The van der Waals surface area contributed by atoms with Gasteiger partial charge in [-0.3, -0.25) is 0 Å². The Hall–Kier alpha value is 0.400. The minimum absolute atomic E-state index is 0.00741. The van der Waals surface area contributed by atoms with E-state index in [-0.39, 0.29) is 5.60 Å². The summed E-state index contributed by atoms with van der Waals surface area (Å²) in [4.78, 5) is 0. The van der Waals surface area contributed by atoms with Crippen molar-refractivity contribution in [1.29, 1.82) is 0 Å². The Morgan fingerprint density at radius 2 is 1.93 bits per heavy atom. The first-order chi connectivity index (χ1) is 7.04. The predicted molar refractivity (Wildman–Crippen MR) is 66.6 cm³/mol. The molecule has 0 unspecified atom stereocenters. The topological polar surface area (TPSA) is 18.5 Å². The van der Waals surface area contributed by atoms with Crippen LogP contribution in [0.2, 0.25) is 0 Å². The molecule has 1 rings (SSSR count). The molecule has 90 valence electrons. The average molecular weight is 279 g/mol. The van der Waals surface area contributed by atoms with Crippen LogP contribution in [0.25, 0.3) is 0 Å². The molecular formula is C12H23BrO2. The van der Waals surface area contributed by atoms with Crippen molar-refractivity contribution in [3.8, 4) is 0 Å². The lowest BCUT2D eigenvalue weighted by Crippen LogP contribution is -2.34. The van der Waals surface area contributed by atoms with Gasteiger partial charge in [0.15, 0.2) is 0 Å². The summed E-state index contributed by atoms with van der Waals surface area (Å²) in [6, 6.07) is 0. The fourth-order valence-corrected chi connectivity index (χ4v) is 2.76. The molecule has 0 aromatic heterocycles. The van der Waals surface area contributed by atoms with Gasteiger partial charge in [-0.2, -0.15) is 0 Å². The molecule has 15 heavy (non-hydrogen) atoms. The van der Waals surface area contributed by atoms with Crippen LogP contribution in [0.4, 0.5) is 0 Å². The molecule has 1 aliphatic heterocycles. The minimum Gasteiger partial charge on any atom is -0.381 e. The molecule has 1 heterocycles. The second kappa shape index (κ2) is 5.65. The van der Waals surface area contributed by atoms with E-state index in [4.69, 9.17) is 9.47 Å². The smallest absolute Gasteiger partial charge is 0.0623 e. The quantitative estimate of drug-likeness (QED) is 0.718. The number of halogens is 1. The van der Waals surface area contributed by atoms with E-state index >= 15 is 0 Å². The molecule has 1 aliphatic rings. The maximum atomic E-state index is 5.47. The normalized spacial score (nSPS) is 21.6. The molecule has 0 bridgehead atoms. The van der Waals surface area contributed by atoms with E-state index < -0.39 is 0 Å². The summed E-state index contributed by atoms with van der Waals surface area (Å²) in [6.07, 6.45) is 4.70. The van der Waals surface area contributed by atoms with Gasteiger partial charge in [0.2, 0.25) is 0 Å². The standard InChI is InChI=1S/C12H23BrO2/c1-11(2,14-3)4-5-12(10-13)6-8-15-9-7-12/h4-10H2,1-3H3. The molecule has 0 spiro atoms. The summed E-state index contributed by atoms with van der Waals surface area (Å²) in [5, 5.41) is 1.09. The fourth-order valence-electron chi connectivity index (χ4n) is 1.92. The van der Waals surface area contributed by atoms with E-state index in [1.807, 2.05) is 0 Å². The third kappa shape index (κ3) is 4.04. The summed E-state index contributed by atoms with van der Waals surface area (Å²) in [6.45, 7) is 6.15. The maximum absolute atomic E-state index is 5.47. The molecule has 0 amide bonds. The van der Waals surface area contributed by atoms with Crippen molar-refractivity contribution in [3.05, 3.63) is 0 Å². The van der Waals surface area contributed by atoms with Gasteiger partial charge < -0.3 is 9.47 Å². The van der Waals surface area contributed by atoms with Gasteiger partial charge in [0.25, 0.3) is 0 Å². The van der Waals surface area contributed by atoms with Crippen LogP contribution in [0.3, 0.4) is 0 Å². The summed E-state index contributed by atoms with van der Waals surface area (Å²) in [5.41, 5.74) is 0.446. The molecular weight excluding hydrogens is 256 g/mol. The van der Waals surface area contributed by atoms with Gasteiger partial charge in [-0.15, -0.1) is 0 Å². The van der Waals surface area contributed by atoms with E-state index in [9.17, 15) is 0 Å². The van der Waals surface area contributed by atoms with Gasteiger partial charge in [0.1, 0.15) is 0 Å². The molecule has 0 N–H and O–H groups in total. The molecule has 0 saturated carbocycles. The molecule has 0 aromatic rings. The first-order valence-corrected chi connectivity index (χ1v) is 6.85. The largest absolute Gasteiger partial charge is 0.381 e. The van der Waals surface area contributed by atoms with Crippen LogP contribution < -0.4 is 0 Å². The number of rotatable bonds is 5. The minimum atomic E-state index is 0.00741. The zero-order valence-electron chi connectivity index (χ0n) is 10.1. The molecule has 1 saturated heterocycles. The van der Waals surface area contributed by atoms with Crippen molar-refractivity contribution in [2.24, 2.45) is 5.41 Å². The van der Waals surface area contributed by atoms with Gasteiger partial charge in [0.05, 0.1) is 5.60 Å². The fraction of sp³-hybridized carbons (Fsp3) is 1.00. The molecule has 0 aliphatic carbocycles. The van der Waals surface area contributed by atoms with Crippen LogP contribution in [0.1, 0.15) is 39.5 Å². The number of ether oxygens (including phenoxy) is 2. The van der Waals surface area contributed by atoms with E-state index in [0.29, 0.717) is 5.41 Å². The van der Waals surface area contributed by atoms with Crippen molar-refractivity contribution in [2.45, 2.75) is 45.1 Å². The first-order valence-electron chi connectivity index (χ1n) is 5.72. The molecule has 2 nitrogen and oxygen atoms in total. The Morgan fingerprint density at radius 1 is 1.33 bits per heavy atom. The van der Waals surface area contributed by atoms with Crippen LogP contribution in [-0.4, -0.2) is 31.3 Å². The molecule has 0 radical (unpaired) electrons. The molecule has 1 fully saturated rings. The van der Waals surface area contributed by atoms with Gasteiger partial charge in [0, 0.05) is 25.7 Å². The average Bonchev–Trinajstić information content (AvgIpc) is 2.28. The third-order valence-electron chi connectivity index (χ3n) is 3.65. The van der Waals surface area contributed by atoms with Crippen molar-refractivity contribution in [3.63, 3.8) is 0 Å². The van der Waals surface area contributed by atoms with E-state index in [1.165, 1.54) is 19.3 Å². The Labute approximate surface area is 102 Å². The third-order valence-corrected chi connectivity index (χ3v) is 4.84. The molecule has 0 atom stereocenters. The van der Waals surface area contributed by atoms with Gasteiger partial charge in [-0.25, -0.2) is 0 Å². The monoisotopic (exact) mass is 278 g/mol. The van der Waals surface area contributed by atoms with Crippen molar-refractivity contribution in [2.75, 3.05) is 25.7 Å². The van der Waals surface area contributed by atoms with Gasteiger partial charge in [-0.05, 0) is 44.9 Å². The zero-order valence-corrected chi connectivity index (χ0v) is 11.7. The summed E-state index contributed by atoms with van der Waals surface area (Å²) in [7, 11) is 1.80. The Kier molecular flexibility index (Phi) is 5.07. The van der Waals surface area contributed by atoms with Crippen LogP contribution in [0.15, 0.2) is 0 Å². The number of hydrogen-bond donors (Lipinski definition) is 0. The predicted octanol–water partition coefficient (Wildman–Crippen LogP) is 3.38. The highest BCUT2D eigenvalue weighted by molar-refractivity contribution is 9.09. The second-order valence-electron chi connectivity index (χ2n) is 5.21. The highest BCUT2D eigenvalue weighted by atomic mass is 79.9. The number of hydrogen-bond acceptors (Lipinski definition) is 2. The van der Waals surface area contributed by atoms with Crippen molar-refractivity contribution < 1.29 is 9.47 Å². The zero-order chi connectivity index (χ0) is 11.4. The molecule has 3 heteroatoms. The van der Waals surface area contributed by atoms with Crippen LogP contribution >= 0.6 is 15.9 Å².